The first-order valence-electron chi connectivity index (χ1n) is 6.60. The van der Waals surface area contributed by atoms with Gasteiger partial charge in [0.25, 0.3) is 0 Å². The minimum Gasteiger partial charge on any atom is -0.379 e. The molecule has 98 valence electrons. The van der Waals surface area contributed by atoms with E-state index in [0.717, 1.165) is 39.4 Å². The summed E-state index contributed by atoms with van der Waals surface area (Å²) in [4.78, 5) is 6.83. The fourth-order valence-corrected chi connectivity index (χ4v) is 2.02. The second kappa shape index (κ2) is 6.21. The van der Waals surface area contributed by atoms with Crippen molar-refractivity contribution in [2.24, 2.45) is 16.6 Å². The fraction of sp³-hybridized carbons (Fsp3) is 0.917. The maximum absolute atomic E-state index is 5.80. The van der Waals surface area contributed by atoms with E-state index in [-0.39, 0.29) is 0 Å². The summed E-state index contributed by atoms with van der Waals surface area (Å²) in [6.45, 7) is 7.94. The Morgan fingerprint density at radius 3 is 2.82 bits per heavy atom. The largest absolute Gasteiger partial charge is 0.379 e. The van der Waals surface area contributed by atoms with Gasteiger partial charge in [-0.15, -0.1) is 0 Å². The Morgan fingerprint density at radius 1 is 1.47 bits per heavy atom. The summed E-state index contributed by atoms with van der Waals surface area (Å²) in [5.41, 5.74) is 5.80. The molecule has 1 saturated carbocycles. The van der Waals surface area contributed by atoms with Crippen molar-refractivity contribution in [2.75, 3.05) is 39.4 Å². The van der Waals surface area contributed by atoms with Crippen molar-refractivity contribution in [3.05, 3.63) is 0 Å². The molecule has 5 heteroatoms. The lowest BCUT2D eigenvalue weighted by molar-refractivity contribution is 0.0323. The number of nitrogens with zero attached hydrogens (tertiary/aromatic N) is 2. The molecule has 17 heavy (non-hydrogen) atoms. The second-order valence-corrected chi connectivity index (χ2v) is 5.16. The Hall–Kier alpha value is -0.810. The van der Waals surface area contributed by atoms with Crippen LogP contribution < -0.4 is 11.1 Å². The third-order valence-electron chi connectivity index (χ3n) is 3.18. The molecule has 0 spiro atoms. The van der Waals surface area contributed by atoms with E-state index in [2.05, 4.69) is 22.1 Å². The summed E-state index contributed by atoms with van der Waals surface area (Å²) in [5.74, 6) is 1.16. The van der Waals surface area contributed by atoms with Crippen LogP contribution in [0.3, 0.4) is 0 Å². The van der Waals surface area contributed by atoms with Gasteiger partial charge in [-0.3, -0.25) is 9.89 Å². The molecule has 0 aromatic carbocycles. The lowest BCUT2D eigenvalue weighted by Gasteiger charge is -2.28. The van der Waals surface area contributed by atoms with Crippen LogP contribution in [0.4, 0.5) is 0 Å². The molecule has 1 atom stereocenters. The van der Waals surface area contributed by atoms with E-state index in [9.17, 15) is 0 Å². The van der Waals surface area contributed by atoms with Gasteiger partial charge < -0.3 is 15.8 Å². The van der Waals surface area contributed by atoms with Crippen molar-refractivity contribution in [1.29, 1.82) is 0 Å². The predicted molar refractivity (Wildman–Crippen MR) is 69.1 cm³/mol. The third kappa shape index (κ3) is 4.91. The Morgan fingerprint density at radius 2 is 2.18 bits per heavy atom. The Bertz CT molecular complexity index is 259. The molecule has 5 nitrogen and oxygen atoms in total. The van der Waals surface area contributed by atoms with Crippen molar-refractivity contribution in [3.8, 4) is 0 Å². The predicted octanol–water partition coefficient (Wildman–Crippen LogP) is 0.0214. The molecular weight excluding hydrogens is 216 g/mol. The summed E-state index contributed by atoms with van der Waals surface area (Å²) < 4.78 is 5.33. The molecule has 1 unspecified atom stereocenters. The van der Waals surface area contributed by atoms with E-state index in [4.69, 9.17) is 10.5 Å². The molecule has 2 fully saturated rings. The number of rotatable bonds is 5. The Kier molecular flexibility index (Phi) is 4.62. The summed E-state index contributed by atoms with van der Waals surface area (Å²) in [7, 11) is 0. The number of nitrogens with two attached hydrogens (primary N) is 1. The molecule has 1 aliphatic carbocycles. The number of hydrogen-bond acceptors (Lipinski definition) is 3. The van der Waals surface area contributed by atoms with E-state index in [1.165, 1.54) is 12.8 Å². The zero-order chi connectivity index (χ0) is 12.1. The van der Waals surface area contributed by atoms with E-state index < -0.39 is 0 Å². The topological polar surface area (TPSA) is 62.9 Å². The van der Waals surface area contributed by atoms with Gasteiger partial charge in [-0.25, -0.2) is 0 Å². The highest BCUT2D eigenvalue weighted by Crippen LogP contribution is 2.18. The van der Waals surface area contributed by atoms with E-state index in [1.54, 1.807) is 0 Å². The molecule has 1 aliphatic heterocycles. The lowest BCUT2D eigenvalue weighted by Crippen LogP contribution is -2.39. The van der Waals surface area contributed by atoms with Crippen LogP contribution in [-0.4, -0.2) is 56.3 Å². The maximum atomic E-state index is 5.80. The highest BCUT2D eigenvalue weighted by Gasteiger charge is 2.21. The molecule has 2 rings (SSSR count). The maximum Gasteiger partial charge on any atom is 0.188 e. The van der Waals surface area contributed by atoms with Crippen LogP contribution in [0.5, 0.6) is 0 Å². The average Bonchev–Trinajstić information content (AvgIpc) is 3.12. The highest BCUT2D eigenvalue weighted by atomic mass is 16.5. The molecule has 3 N–H and O–H groups in total. The van der Waals surface area contributed by atoms with Gasteiger partial charge in [-0.05, 0) is 18.8 Å². The number of nitrogens with one attached hydrogen (secondary N) is 1. The van der Waals surface area contributed by atoms with Gasteiger partial charge in [0.2, 0.25) is 0 Å². The normalized spacial score (nSPS) is 24.6. The van der Waals surface area contributed by atoms with E-state index >= 15 is 0 Å². The van der Waals surface area contributed by atoms with E-state index in [0.29, 0.717) is 17.9 Å². The van der Waals surface area contributed by atoms with Gasteiger partial charge in [0.05, 0.1) is 13.2 Å². The van der Waals surface area contributed by atoms with Crippen LogP contribution in [0.25, 0.3) is 0 Å². The molecule has 0 radical (unpaired) electrons. The zero-order valence-corrected chi connectivity index (χ0v) is 10.7. The van der Waals surface area contributed by atoms with Crippen LogP contribution in [0.1, 0.15) is 19.8 Å². The molecule has 0 aromatic heterocycles. The summed E-state index contributed by atoms with van der Waals surface area (Å²) >= 11 is 0. The lowest BCUT2D eigenvalue weighted by atomic mass is 10.1. The van der Waals surface area contributed by atoms with Crippen molar-refractivity contribution in [2.45, 2.75) is 25.8 Å². The summed E-state index contributed by atoms with van der Waals surface area (Å²) in [6, 6.07) is 0.591. The van der Waals surface area contributed by atoms with Crippen LogP contribution in [0.2, 0.25) is 0 Å². The van der Waals surface area contributed by atoms with Gasteiger partial charge in [0, 0.05) is 32.2 Å². The quantitative estimate of drug-likeness (QED) is 0.525. The van der Waals surface area contributed by atoms with Gasteiger partial charge in [0.1, 0.15) is 0 Å². The number of aliphatic imine (C=N–C) groups is 1. The number of guanidine groups is 1. The molecule has 0 amide bonds. The molecule has 2 aliphatic rings. The van der Waals surface area contributed by atoms with Gasteiger partial charge in [-0.1, -0.05) is 6.92 Å². The van der Waals surface area contributed by atoms with Crippen molar-refractivity contribution < 1.29 is 4.74 Å². The third-order valence-corrected chi connectivity index (χ3v) is 3.18. The van der Waals surface area contributed by atoms with Crippen molar-refractivity contribution in [3.63, 3.8) is 0 Å². The van der Waals surface area contributed by atoms with Gasteiger partial charge in [-0.2, -0.15) is 0 Å². The van der Waals surface area contributed by atoms with Crippen molar-refractivity contribution >= 4 is 5.96 Å². The van der Waals surface area contributed by atoms with Crippen LogP contribution >= 0.6 is 0 Å². The van der Waals surface area contributed by atoms with Crippen LogP contribution in [0, 0.1) is 5.92 Å². The number of morpholine rings is 1. The highest BCUT2D eigenvalue weighted by molar-refractivity contribution is 5.78. The molecule has 0 aromatic rings. The van der Waals surface area contributed by atoms with Gasteiger partial charge in [0.15, 0.2) is 5.96 Å². The Labute approximate surface area is 103 Å². The molecular formula is C12H24N4O. The zero-order valence-electron chi connectivity index (χ0n) is 10.7. The molecule has 0 bridgehead atoms. The van der Waals surface area contributed by atoms with Crippen LogP contribution in [0.15, 0.2) is 4.99 Å². The first-order valence-corrected chi connectivity index (χ1v) is 6.60. The second-order valence-electron chi connectivity index (χ2n) is 5.16. The summed E-state index contributed by atoms with van der Waals surface area (Å²) in [6.07, 6.45) is 2.47. The number of ether oxygens (including phenoxy) is 1. The molecule has 1 saturated heterocycles. The fourth-order valence-electron chi connectivity index (χ4n) is 2.02. The van der Waals surface area contributed by atoms with Crippen molar-refractivity contribution in [1.82, 2.24) is 10.2 Å². The first kappa shape index (κ1) is 12.6. The minimum atomic E-state index is 0.549. The van der Waals surface area contributed by atoms with Gasteiger partial charge >= 0.3 is 0 Å². The summed E-state index contributed by atoms with van der Waals surface area (Å²) in [5, 5.41) is 3.21. The SMILES string of the molecule is CC(CN=C(N)NC1CC1)CN1CCOCC1. The van der Waals surface area contributed by atoms with E-state index in [1.807, 2.05) is 0 Å². The smallest absolute Gasteiger partial charge is 0.188 e. The number of hydrogen-bond donors (Lipinski definition) is 2. The van der Waals surface area contributed by atoms with Crippen LogP contribution in [-0.2, 0) is 4.74 Å². The monoisotopic (exact) mass is 240 g/mol. The standard InChI is InChI=1S/C12H24N4O/c1-10(9-16-4-6-17-7-5-16)8-14-12(13)15-11-2-3-11/h10-11H,2-9H2,1H3,(H3,13,14,15). The Balaban J connectivity index is 1.63. The first-order chi connectivity index (χ1) is 8.24. The molecule has 1 heterocycles. The minimum absolute atomic E-state index is 0.549. The average molecular weight is 240 g/mol.